The lowest BCUT2D eigenvalue weighted by Crippen LogP contribution is -2.43. The van der Waals surface area contributed by atoms with Crippen molar-refractivity contribution in [2.75, 3.05) is 13.1 Å². The van der Waals surface area contributed by atoms with Crippen LogP contribution in [-0.4, -0.2) is 52.7 Å². The highest BCUT2D eigenvalue weighted by Crippen LogP contribution is 2.38. The molecule has 0 spiro atoms. The zero-order valence-corrected chi connectivity index (χ0v) is 17.3. The Morgan fingerprint density at radius 3 is 2.37 bits per heavy atom. The normalized spacial score (nSPS) is 24.3. The van der Waals surface area contributed by atoms with E-state index in [2.05, 4.69) is 6.07 Å². The van der Waals surface area contributed by atoms with Gasteiger partial charge >= 0.3 is 5.97 Å². The van der Waals surface area contributed by atoms with Crippen molar-refractivity contribution in [3.05, 3.63) is 35.4 Å². The first-order valence-corrected chi connectivity index (χ1v) is 10.9. The zero-order valence-electron chi connectivity index (χ0n) is 17.3. The fourth-order valence-electron chi connectivity index (χ4n) is 4.90. The molecule has 7 heteroatoms. The van der Waals surface area contributed by atoms with E-state index in [9.17, 15) is 19.2 Å². The summed E-state index contributed by atoms with van der Waals surface area (Å²) in [7, 11) is 0. The summed E-state index contributed by atoms with van der Waals surface area (Å²) in [4.78, 5) is 52.9. The Labute approximate surface area is 176 Å². The van der Waals surface area contributed by atoms with Crippen molar-refractivity contribution in [1.29, 1.82) is 0 Å². The van der Waals surface area contributed by atoms with E-state index in [4.69, 9.17) is 4.74 Å². The van der Waals surface area contributed by atoms with Gasteiger partial charge in [-0.3, -0.25) is 24.1 Å². The molecule has 0 radical (unpaired) electrons. The van der Waals surface area contributed by atoms with Crippen LogP contribution >= 0.6 is 0 Å². The Morgan fingerprint density at radius 1 is 1.07 bits per heavy atom. The maximum Gasteiger partial charge on any atom is 0.308 e. The predicted octanol–water partition coefficient (Wildman–Crippen LogP) is 2.07. The number of amides is 3. The summed E-state index contributed by atoms with van der Waals surface area (Å²) in [5.74, 6) is -1.54. The molecule has 0 unspecified atom stereocenters. The van der Waals surface area contributed by atoms with Gasteiger partial charge in [-0.25, -0.2) is 0 Å². The van der Waals surface area contributed by atoms with Crippen molar-refractivity contribution >= 4 is 23.7 Å². The van der Waals surface area contributed by atoms with Crippen LogP contribution in [0.25, 0.3) is 0 Å². The second-order valence-electron chi connectivity index (χ2n) is 8.49. The predicted molar refractivity (Wildman–Crippen MR) is 108 cm³/mol. The van der Waals surface area contributed by atoms with E-state index in [1.807, 2.05) is 18.2 Å². The highest BCUT2D eigenvalue weighted by atomic mass is 16.5. The van der Waals surface area contributed by atoms with Crippen LogP contribution in [0.3, 0.4) is 0 Å². The maximum atomic E-state index is 12.7. The van der Waals surface area contributed by atoms with Gasteiger partial charge in [0.15, 0.2) is 6.10 Å². The van der Waals surface area contributed by atoms with Crippen molar-refractivity contribution in [2.45, 2.75) is 58.1 Å². The average Bonchev–Trinajstić information content (AvgIpc) is 3.01. The molecule has 3 atom stereocenters. The number of carbonyl (C=O) groups excluding carboxylic acids is 4. The van der Waals surface area contributed by atoms with Gasteiger partial charge in [0.25, 0.3) is 5.91 Å². The minimum atomic E-state index is -0.893. The molecule has 1 saturated heterocycles. The summed E-state index contributed by atoms with van der Waals surface area (Å²) in [6.45, 7) is 2.71. The number of carbonyl (C=O) groups is 4. The molecule has 1 aromatic carbocycles. The molecule has 1 aromatic rings. The lowest BCUT2D eigenvalue weighted by molar-refractivity contribution is -0.160. The Bertz CT molecular complexity index is 843. The molecule has 0 aromatic heterocycles. The first kappa shape index (κ1) is 20.6. The van der Waals surface area contributed by atoms with Crippen LogP contribution in [0, 0.1) is 11.8 Å². The molecule has 3 amide bonds. The summed E-state index contributed by atoms with van der Waals surface area (Å²) in [5, 5.41) is 0. The second kappa shape index (κ2) is 8.58. The fourth-order valence-corrected chi connectivity index (χ4v) is 4.90. The second-order valence-corrected chi connectivity index (χ2v) is 8.49. The van der Waals surface area contributed by atoms with Crippen LogP contribution in [0.2, 0.25) is 0 Å². The van der Waals surface area contributed by atoms with Gasteiger partial charge < -0.3 is 9.64 Å². The molecule has 1 saturated carbocycles. The van der Waals surface area contributed by atoms with Gasteiger partial charge in [0, 0.05) is 19.6 Å². The minimum absolute atomic E-state index is 0.0293. The number of nitrogens with zero attached hydrogens (tertiary/aromatic N) is 2. The van der Waals surface area contributed by atoms with Crippen LogP contribution in [0.5, 0.6) is 0 Å². The Kier molecular flexibility index (Phi) is 5.88. The van der Waals surface area contributed by atoms with E-state index in [1.54, 1.807) is 11.8 Å². The molecule has 1 aliphatic carbocycles. The smallest absolute Gasteiger partial charge is 0.308 e. The van der Waals surface area contributed by atoms with Crippen LogP contribution in [0.1, 0.15) is 50.2 Å². The molecule has 30 heavy (non-hydrogen) atoms. The molecule has 3 aliphatic rings. The number of benzene rings is 1. The molecule has 0 N–H and O–H groups in total. The van der Waals surface area contributed by atoms with Crippen molar-refractivity contribution in [2.24, 2.45) is 11.8 Å². The first-order valence-electron chi connectivity index (χ1n) is 10.9. The largest absolute Gasteiger partial charge is 0.452 e. The fraction of sp³-hybridized carbons (Fsp3) is 0.565. The van der Waals surface area contributed by atoms with Crippen molar-refractivity contribution < 1.29 is 23.9 Å². The number of esters is 1. The van der Waals surface area contributed by atoms with Gasteiger partial charge in [-0.2, -0.15) is 0 Å². The number of rotatable bonds is 5. The van der Waals surface area contributed by atoms with Gasteiger partial charge in [0.2, 0.25) is 11.8 Å². The summed E-state index contributed by atoms with van der Waals surface area (Å²) >= 11 is 0. The van der Waals surface area contributed by atoms with Crippen LogP contribution < -0.4 is 0 Å². The van der Waals surface area contributed by atoms with Crippen LogP contribution in [0.4, 0.5) is 0 Å². The average molecular weight is 412 g/mol. The summed E-state index contributed by atoms with van der Waals surface area (Å²) < 4.78 is 5.32. The Hall–Kier alpha value is -2.70. The maximum absolute atomic E-state index is 12.7. The molecular weight excluding hydrogens is 384 g/mol. The third-order valence-corrected chi connectivity index (χ3v) is 6.57. The van der Waals surface area contributed by atoms with E-state index in [1.165, 1.54) is 10.5 Å². The summed E-state index contributed by atoms with van der Waals surface area (Å²) in [5.41, 5.74) is 2.36. The lowest BCUT2D eigenvalue weighted by Gasteiger charge is -2.30. The Morgan fingerprint density at radius 2 is 1.70 bits per heavy atom. The number of hydrogen-bond acceptors (Lipinski definition) is 5. The van der Waals surface area contributed by atoms with Gasteiger partial charge in [0.1, 0.15) is 0 Å². The van der Waals surface area contributed by atoms with Gasteiger partial charge in [-0.15, -0.1) is 0 Å². The molecule has 160 valence electrons. The third-order valence-electron chi connectivity index (χ3n) is 6.57. The molecule has 2 fully saturated rings. The monoisotopic (exact) mass is 412 g/mol. The van der Waals surface area contributed by atoms with E-state index in [0.717, 1.165) is 37.7 Å². The number of imide groups is 1. The molecule has 0 bridgehead atoms. The topological polar surface area (TPSA) is 84.0 Å². The van der Waals surface area contributed by atoms with Crippen molar-refractivity contribution in [3.63, 3.8) is 0 Å². The quantitative estimate of drug-likeness (QED) is 0.546. The standard InChI is InChI=1S/C23H28N2O5/c1-15(21(27)24-12-10-16-6-2-3-7-17(16)14-24)30-20(26)11-13-25-22(28)18-8-4-5-9-19(18)23(25)29/h2-3,6-7,15,18-19H,4-5,8-14H2,1H3/t15-,18-,19-/m0/s1. The van der Waals surface area contributed by atoms with E-state index < -0.39 is 12.1 Å². The lowest BCUT2D eigenvalue weighted by atomic mass is 9.81. The van der Waals surface area contributed by atoms with E-state index in [0.29, 0.717) is 13.1 Å². The SMILES string of the molecule is C[C@H](OC(=O)CCN1C(=O)[C@H]2CCCC[C@@H]2C1=O)C(=O)N1CCc2ccccc2C1. The van der Waals surface area contributed by atoms with Gasteiger partial charge in [-0.05, 0) is 37.3 Å². The number of ether oxygens (including phenoxy) is 1. The van der Waals surface area contributed by atoms with Gasteiger partial charge in [-0.1, -0.05) is 37.1 Å². The molecule has 4 rings (SSSR count). The first-order chi connectivity index (χ1) is 14.5. The van der Waals surface area contributed by atoms with Crippen LogP contribution in [0.15, 0.2) is 24.3 Å². The molecule has 2 aliphatic heterocycles. The van der Waals surface area contributed by atoms with E-state index >= 15 is 0 Å². The third kappa shape index (κ3) is 3.98. The van der Waals surface area contributed by atoms with E-state index in [-0.39, 0.29) is 42.5 Å². The summed E-state index contributed by atoms with van der Waals surface area (Å²) in [6.07, 6.45) is 3.24. The van der Waals surface area contributed by atoms with Crippen molar-refractivity contribution in [3.8, 4) is 0 Å². The van der Waals surface area contributed by atoms with Gasteiger partial charge in [0.05, 0.1) is 18.3 Å². The Balaban J connectivity index is 1.27. The molecule has 2 heterocycles. The number of fused-ring (bicyclic) bond motifs is 2. The minimum Gasteiger partial charge on any atom is -0.452 e. The molecule has 7 nitrogen and oxygen atoms in total. The highest BCUT2D eigenvalue weighted by Gasteiger charge is 2.47. The zero-order chi connectivity index (χ0) is 21.3. The summed E-state index contributed by atoms with van der Waals surface area (Å²) in [6, 6.07) is 8.02. The molecular formula is C23H28N2O5. The highest BCUT2D eigenvalue weighted by molar-refractivity contribution is 6.05. The number of likely N-dealkylation sites (tertiary alicyclic amines) is 1. The van der Waals surface area contributed by atoms with Crippen LogP contribution in [-0.2, 0) is 36.9 Å². The number of hydrogen-bond donors (Lipinski definition) is 0. The van der Waals surface area contributed by atoms with Crippen molar-refractivity contribution in [1.82, 2.24) is 9.80 Å².